The topological polar surface area (TPSA) is 100 Å². The fourth-order valence-corrected chi connectivity index (χ4v) is 2.56. The molecule has 8 heteroatoms. The molecule has 1 aromatic carbocycles. The minimum atomic E-state index is -3.71. The summed E-state index contributed by atoms with van der Waals surface area (Å²) in [6, 6.07) is 2.99. The second-order valence-electron chi connectivity index (χ2n) is 4.58. The van der Waals surface area contributed by atoms with E-state index in [1.54, 1.807) is 24.7 Å². The summed E-state index contributed by atoms with van der Waals surface area (Å²) in [5.74, 6) is 1.31. The molecule has 0 bridgehead atoms. The third kappa shape index (κ3) is 2.97. The van der Waals surface area contributed by atoms with E-state index in [0.29, 0.717) is 22.7 Å². The molecule has 1 aromatic heterocycles. The van der Waals surface area contributed by atoms with Crippen molar-refractivity contribution in [2.24, 2.45) is 12.2 Å². The first kappa shape index (κ1) is 14.5. The van der Waals surface area contributed by atoms with Crippen LogP contribution in [0.2, 0.25) is 0 Å². The third-order valence-corrected chi connectivity index (χ3v) is 3.81. The van der Waals surface area contributed by atoms with Gasteiger partial charge in [0.1, 0.15) is 18.7 Å². The maximum atomic E-state index is 11.4. The Balaban J connectivity index is 2.27. The molecule has 0 atom stereocenters. The fourth-order valence-electron chi connectivity index (χ4n) is 1.88. The van der Waals surface area contributed by atoms with Crippen LogP contribution in [0, 0.1) is 13.8 Å². The van der Waals surface area contributed by atoms with E-state index in [2.05, 4.69) is 10.2 Å². The van der Waals surface area contributed by atoms with Gasteiger partial charge >= 0.3 is 0 Å². The lowest BCUT2D eigenvalue weighted by Gasteiger charge is -2.13. The molecule has 1 heterocycles. The van der Waals surface area contributed by atoms with E-state index < -0.39 is 10.0 Å². The lowest BCUT2D eigenvalue weighted by molar-refractivity contribution is 0.287. The highest BCUT2D eigenvalue weighted by Gasteiger charge is 2.14. The summed E-state index contributed by atoms with van der Waals surface area (Å²) in [5.41, 5.74) is 1.41. The van der Waals surface area contributed by atoms with Crippen LogP contribution < -0.4 is 9.88 Å². The average Bonchev–Trinajstić information content (AvgIpc) is 2.72. The average molecular weight is 296 g/mol. The molecule has 2 rings (SSSR count). The number of nitrogens with zero attached hydrogens (tertiary/aromatic N) is 3. The standard InChI is InChI=1S/C12H16N4O3S/c1-8-4-10(20(13,17)18)5-9(2)12(8)19-6-11-15-14-7-16(11)3/h4-5,7H,6H2,1-3H3,(H2,13,17,18). The third-order valence-electron chi connectivity index (χ3n) is 2.91. The summed E-state index contributed by atoms with van der Waals surface area (Å²) in [7, 11) is -1.89. The summed E-state index contributed by atoms with van der Waals surface area (Å²) in [6.45, 7) is 3.80. The summed E-state index contributed by atoms with van der Waals surface area (Å²) < 4.78 is 30.2. The predicted octanol–water partition coefficient (Wildman–Crippen LogP) is 0.658. The molecule has 7 nitrogen and oxygen atoms in total. The van der Waals surface area contributed by atoms with Gasteiger partial charge in [0.25, 0.3) is 0 Å². The van der Waals surface area contributed by atoms with E-state index in [0.717, 1.165) is 0 Å². The number of hydrogen-bond acceptors (Lipinski definition) is 5. The lowest BCUT2D eigenvalue weighted by atomic mass is 10.1. The van der Waals surface area contributed by atoms with Gasteiger partial charge in [-0.2, -0.15) is 0 Å². The number of ether oxygens (including phenoxy) is 1. The number of rotatable bonds is 4. The van der Waals surface area contributed by atoms with E-state index in [4.69, 9.17) is 9.88 Å². The van der Waals surface area contributed by atoms with Crippen LogP contribution in [-0.4, -0.2) is 23.2 Å². The van der Waals surface area contributed by atoms with Crippen molar-refractivity contribution in [2.75, 3.05) is 0 Å². The number of hydrogen-bond donors (Lipinski definition) is 1. The van der Waals surface area contributed by atoms with Crippen LogP contribution >= 0.6 is 0 Å². The van der Waals surface area contributed by atoms with E-state index in [-0.39, 0.29) is 11.5 Å². The van der Waals surface area contributed by atoms with Crippen LogP contribution in [0.4, 0.5) is 0 Å². The second kappa shape index (κ2) is 5.22. The van der Waals surface area contributed by atoms with Crippen LogP contribution in [0.25, 0.3) is 0 Å². The molecule has 0 unspecified atom stereocenters. The van der Waals surface area contributed by atoms with Crippen LogP contribution in [0.3, 0.4) is 0 Å². The summed E-state index contributed by atoms with van der Waals surface area (Å²) in [4.78, 5) is 0.0820. The number of benzene rings is 1. The van der Waals surface area contributed by atoms with Crippen molar-refractivity contribution < 1.29 is 13.2 Å². The van der Waals surface area contributed by atoms with Gasteiger partial charge in [0.2, 0.25) is 10.0 Å². The lowest BCUT2D eigenvalue weighted by Crippen LogP contribution is -2.13. The fraction of sp³-hybridized carbons (Fsp3) is 0.333. The zero-order chi connectivity index (χ0) is 14.9. The molecule has 20 heavy (non-hydrogen) atoms. The molecule has 0 aliphatic carbocycles. The van der Waals surface area contributed by atoms with Crippen LogP contribution in [0.5, 0.6) is 5.75 Å². The molecule has 0 spiro atoms. The first-order valence-electron chi connectivity index (χ1n) is 5.89. The molecule has 0 saturated heterocycles. The van der Waals surface area contributed by atoms with Crippen LogP contribution in [-0.2, 0) is 23.7 Å². The number of primary sulfonamides is 1. The Morgan fingerprint density at radius 2 is 1.90 bits per heavy atom. The van der Waals surface area contributed by atoms with Gasteiger partial charge in [0.05, 0.1) is 4.90 Å². The highest BCUT2D eigenvalue weighted by atomic mass is 32.2. The van der Waals surface area contributed by atoms with Gasteiger partial charge in [-0.25, -0.2) is 13.6 Å². The van der Waals surface area contributed by atoms with Crippen molar-refractivity contribution in [1.82, 2.24) is 14.8 Å². The molecule has 0 aliphatic rings. The quantitative estimate of drug-likeness (QED) is 0.893. The van der Waals surface area contributed by atoms with Gasteiger partial charge in [-0.15, -0.1) is 10.2 Å². The molecular weight excluding hydrogens is 280 g/mol. The SMILES string of the molecule is Cc1cc(S(N)(=O)=O)cc(C)c1OCc1nncn1C. The van der Waals surface area contributed by atoms with Crippen molar-refractivity contribution >= 4 is 10.0 Å². The van der Waals surface area contributed by atoms with Crippen LogP contribution in [0.15, 0.2) is 23.4 Å². The molecular formula is C12H16N4O3S. The maximum Gasteiger partial charge on any atom is 0.238 e. The Hall–Kier alpha value is -1.93. The molecule has 0 fully saturated rings. The highest BCUT2D eigenvalue weighted by Crippen LogP contribution is 2.27. The van der Waals surface area contributed by atoms with Gasteiger partial charge in [-0.05, 0) is 37.1 Å². The minimum absolute atomic E-state index is 0.0820. The Kier molecular flexibility index (Phi) is 3.78. The van der Waals surface area contributed by atoms with Crippen molar-refractivity contribution in [3.05, 3.63) is 35.4 Å². The van der Waals surface area contributed by atoms with Crippen molar-refractivity contribution in [1.29, 1.82) is 0 Å². The maximum absolute atomic E-state index is 11.4. The van der Waals surface area contributed by atoms with Gasteiger partial charge in [0, 0.05) is 7.05 Å². The molecule has 0 aliphatic heterocycles. The summed E-state index contributed by atoms with van der Waals surface area (Å²) in [5, 5.41) is 12.8. The van der Waals surface area contributed by atoms with Gasteiger partial charge in [0.15, 0.2) is 5.82 Å². The number of aromatic nitrogens is 3. The first-order valence-corrected chi connectivity index (χ1v) is 7.43. The van der Waals surface area contributed by atoms with Crippen LogP contribution in [0.1, 0.15) is 17.0 Å². The molecule has 0 radical (unpaired) electrons. The number of sulfonamides is 1. The summed E-state index contributed by atoms with van der Waals surface area (Å²) >= 11 is 0. The van der Waals surface area contributed by atoms with Crippen molar-refractivity contribution in [3.63, 3.8) is 0 Å². The Labute approximate surface area is 117 Å². The van der Waals surface area contributed by atoms with E-state index in [1.165, 1.54) is 12.1 Å². The van der Waals surface area contributed by atoms with Gasteiger partial charge in [-0.3, -0.25) is 0 Å². The predicted molar refractivity (Wildman–Crippen MR) is 72.6 cm³/mol. The van der Waals surface area contributed by atoms with Crippen molar-refractivity contribution in [2.45, 2.75) is 25.3 Å². The van der Waals surface area contributed by atoms with E-state index in [9.17, 15) is 8.42 Å². The number of aryl methyl sites for hydroxylation is 3. The molecule has 0 saturated carbocycles. The molecule has 2 aromatic rings. The van der Waals surface area contributed by atoms with Gasteiger partial charge in [-0.1, -0.05) is 0 Å². The Bertz CT molecular complexity index is 714. The Morgan fingerprint density at radius 3 is 2.35 bits per heavy atom. The molecule has 0 amide bonds. The first-order chi connectivity index (χ1) is 9.29. The normalized spacial score (nSPS) is 11.6. The second-order valence-corrected chi connectivity index (χ2v) is 6.14. The molecule has 2 N–H and O–H groups in total. The monoisotopic (exact) mass is 296 g/mol. The van der Waals surface area contributed by atoms with E-state index >= 15 is 0 Å². The summed E-state index contributed by atoms with van der Waals surface area (Å²) in [6.07, 6.45) is 1.59. The van der Waals surface area contributed by atoms with Gasteiger partial charge < -0.3 is 9.30 Å². The van der Waals surface area contributed by atoms with E-state index in [1.807, 2.05) is 7.05 Å². The highest BCUT2D eigenvalue weighted by molar-refractivity contribution is 7.89. The number of nitrogens with two attached hydrogens (primary N) is 1. The minimum Gasteiger partial charge on any atom is -0.485 e. The zero-order valence-electron chi connectivity index (χ0n) is 11.5. The largest absolute Gasteiger partial charge is 0.485 e. The zero-order valence-corrected chi connectivity index (χ0v) is 12.3. The Morgan fingerprint density at radius 1 is 1.30 bits per heavy atom. The van der Waals surface area contributed by atoms with Crippen molar-refractivity contribution in [3.8, 4) is 5.75 Å². The smallest absolute Gasteiger partial charge is 0.238 e. The molecule has 108 valence electrons.